The van der Waals surface area contributed by atoms with Gasteiger partial charge in [-0.05, 0) is 48.4 Å². The molecule has 0 radical (unpaired) electrons. The zero-order chi connectivity index (χ0) is 19.2. The summed E-state index contributed by atoms with van der Waals surface area (Å²) in [5.41, 5.74) is 1.07. The molecule has 4 nitrogen and oxygen atoms in total. The highest BCUT2D eigenvalue weighted by Crippen LogP contribution is 2.22. The second-order valence-electron chi connectivity index (χ2n) is 5.78. The van der Waals surface area contributed by atoms with E-state index in [2.05, 4.69) is 15.6 Å². The van der Waals surface area contributed by atoms with Gasteiger partial charge in [0, 0.05) is 23.3 Å². The van der Waals surface area contributed by atoms with Crippen molar-refractivity contribution in [3.63, 3.8) is 0 Å². The number of carbonyl (C=O) groups is 1. The lowest BCUT2D eigenvalue weighted by Crippen LogP contribution is -2.25. The Labute approximate surface area is 160 Å². The number of amides is 1. The minimum atomic E-state index is -0.741. The van der Waals surface area contributed by atoms with Crippen LogP contribution >= 0.6 is 11.6 Å². The van der Waals surface area contributed by atoms with Crippen molar-refractivity contribution in [2.45, 2.75) is 6.42 Å². The fourth-order valence-corrected chi connectivity index (χ4v) is 2.58. The molecule has 0 aliphatic heterocycles. The topological polar surface area (TPSA) is 54.0 Å². The summed E-state index contributed by atoms with van der Waals surface area (Å²) in [6.07, 6.45) is 2.05. The molecule has 0 fully saturated rings. The number of carbonyl (C=O) groups excluding carboxylic acids is 1. The van der Waals surface area contributed by atoms with Crippen LogP contribution in [0, 0.1) is 11.6 Å². The van der Waals surface area contributed by atoms with E-state index in [1.807, 2.05) is 12.1 Å². The summed E-state index contributed by atoms with van der Waals surface area (Å²) in [6.45, 7) is 0.438. The molecule has 2 N–H and O–H groups in total. The normalized spacial score (nSPS) is 10.5. The minimum absolute atomic E-state index is 0.171. The molecule has 0 bridgehead atoms. The number of benzene rings is 2. The Bertz CT molecular complexity index is 928. The van der Waals surface area contributed by atoms with Crippen LogP contribution in [-0.4, -0.2) is 17.4 Å². The van der Waals surface area contributed by atoms with E-state index in [9.17, 15) is 13.6 Å². The third-order valence-corrected chi connectivity index (χ3v) is 4.10. The van der Waals surface area contributed by atoms with Crippen LogP contribution in [0.2, 0.25) is 5.02 Å². The highest BCUT2D eigenvalue weighted by atomic mass is 35.5. The van der Waals surface area contributed by atoms with Gasteiger partial charge in [0.2, 0.25) is 0 Å². The van der Waals surface area contributed by atoms with Crippen molar-refractivity contribution in [1.29, 1.82) is 0 Å². The molecule has 0 spiro atoms. The van der Waals surface area contributed by atoms with Crippen LogP contribution in [0.1, 0.15) is 15.9 Å². The monoisotopic (exact) mass is 387 g/mol. The summed E-state index contributed by atoms with van der Waals surface area (Å²) in [4.78, 5) is 16.3. The van der Waals surface area contributed by atoms with Crippen molar-refractivity contribution in [2.75, 3.05) is 11.9 Å². The van der Waals surface area contributed by atoms with Crippen LogP contribution in [0.3, 0.4) is 0 Å². The molecule has 0 atom stereocenters. The number of nitrogens with zero attached hydrogens (tertiary/aromatic N) is 1. The van der Waals surface area contributed by atoms with Crippen molar-refractivity contribution in [1.82, 2.24) is 10.3 Å². The molecule has 1 amide bonds. The Morgan fingerprint density at radius 3 is 2.44 bits per heavy atom. The van der Waals surface area contributed by atoms with Gasteiger partial charge in [-0.3, -0.25) is 4.79 Å². The summed E-state index contributed by atoms with van der Waals surface area (Å²) in [5.74, 6) is -1.61. The second kappa shape index (κ2) is 8.60. The van der Waals surface area contributed by atoms with Gasteiger partial charge in [0.25, 0.3) is 5.91 Å². The van der Waals surface area contributed by atoms with Crippen LogP contribution in [0.15, 0.2) is 60.8 Å². The molecule has 138 valence electrons. The molecular weight excluding hydrogens is 372 g/mol. The predicted octanol–water partition coefficient (Wildman–Crippen LogP) is 4.73. The van der Waals surface area contributed by atoms with E-state index in [4.69, 9.17) is 11.6 Å². The van der Waals surface area contributed by atoms with Gasteiger partial charge < -0.3 is 10.6 Å². The molecule has 1 heterocycles. The largest absolute Gasteiger partial charge is 0.352 e. The molecule has 1 aromatic heterocycles. The van der Waals surface area contributed by atoms with Gasteiger partial charge in [-0.1, -0.05) is 29.8 Å². The lowest BCUT2D eigenvalue weighted by Gasteiger charge is -2.10. The quantitative estimate of drug-likeness (QED) is 0.643. The number of aromatic nitrogens is 1. The molecule has 2 aromatic carbocycles. The zero-order valence-corrected chi connectivity index (χ0v) is 14.9. The first-order valence-electron chi connectivity index (χ1n) is 8.22. The molecule has 3 rings (SSSR count). The van der Waals surface area contributed by atoms with Crippen LogP contribution in [0.25, 0.3) is 0 Å². The standard InChI is InChI=1S/C20H16ClF2N3O/c21-15-6-4-13(5-7-15)8-10-25-20(27)14-9-11-24-18(12-14)26-19-16(22)2-1-3-17(19)23/h1-7,9,11-12H,8,10H2,(H,24,26)(H,25,27). The minimum Gasteiger partial charge on any atom is -0.352 e. The summed E-state index contributed by atoms with van der Waals surface area (Å²) in [7, 11) is 0. The average Bonchev–Trinajstić information content (AvgIpc) is 2.66. The van der Waals surface area contributed by atoms with E-state index in [-0.39, 0.29) is 17.4 Å². The number of para-hydroxylation sites is 1. The molecular formula is C20H16ClF2N3O. The predicted molar refractivity (Wildman–Crippen MR) is 101 cm³/mol. The molecule has 27 heavy (non-hydrogen) atoms. The van der Waals surface area contributed by atoms with E-state index in [0.717, 1.165) is 17.7 Å². The van der Waals surface area contributed by atoms with Gasteiger partial charge in [0.05, 0.1) is 0 Å². The third kappa shape index (κ3) is 5.01. The summed E-state index contributed by atoms with van der Waals surface area (Å²) >= 11 is 5.84. The first kappa shape index (κ1) is 18.8. The Morgan fingerprint density at radius 2 is 1.74 bits per heavy atom. The molecule has 0 saturated heterocycles. The van der Waals surface area contributed by atoms with Gasteiger partial charge in [0.15, 0.2) is 0 Å². The van der Waals surface area contributed by atoms with Crippen LogP contribution < -0.4 is 10.6 Å². The van der Waals surface area contributed by atoms with Crippen molar-refractivity contribution in [3.8, 4) is 0 Å². The van der Waals surface area contributed by atoms with Gasteiger partial charge >= 0.3 is 0 Å². The molecule has 0 aliphatic carbocycles. The fraction of sp³-hybridized carbons (Fsp3) is 0.100. The Hall–Kier alpha value is -2.99. The van der Waals surface area contributed by atoms with E-state index < -0.39 is 11.6 Å². The highest BCUT2D eigenvalue weighted by Gasteiger charge is 2.11. The van der Waals surface area contributed by atoms with Crippen molar-refractivity contribution in [2.24, 2.45) is 0 Å². The molecule has 3 aromatic rings. The highest BCUT2D eigenvalue weighted by molar-refractivity contribution is 6.30. The molecule has 0 saturated carbocycles. The lowest BCUT2D eigenvalue weighted by molar-refractivity contribution is 0.0954. The maximum Gasteiger partial charge on any atom is 0.251 e. The first-order valence-corrected chi connectivity index (χ1v) is 8.60. The fourth-order valence-electron chi connectivity index (χ4n) is 2.46. The molecule has 0 aliphatic rings. The van der Waals surface area contributed by atoms with Crippen molar-refractivity contribution >= 4 is 29.0 Å². The summed E-state index contributed by atoms with van der Waals surface area (Å²) in [6, 6.07) is 13.9. The van der Waals surface area contributed by atoms with Gasteiger partial charge in [-0.2, -0.15) is 0 Å². The number of anilines is 2. The number of nitrogens with one attached hydrogen (secondary N) is 2. The number of halogens is 3. The Balaban J connectivity index is 1.62. The maximum absolute atomic E-state index is 13.7. The SMILES string of the molecule is O=C(NCCc1ccc(Cl)cc1)c1ccnc(Nc2c(F)cccc2F)c1. The maximum atomic E-state index is 13.7. The van der Waals surface area contributed by atoms with Crippen LogP contribution in [0.5, 0.6) is 0 Å². The second-order valence-corrected chi connectivity index (χ2v) is 6.22. The third-order valence-electron chi connectivity index (χ3n) is 3.85. The smallest absolute Gasteiger partial charge is 0.251 e. The van der Waals surface area contributed by atoms with Crippen molar-refractivity contribution in [3.05, 3.63) is 88.6 Å². The van der Waals surface area contributed by atoms with E-state index >= 15 is 0 Å². The summed E-state index contributed by atoms with van der Waals surface area (Å²) < 4.78 is 27.5. The number of rotatable bonds is 6. The summed E-state index contributed by atoms with van der Waals surface area (Å²) in [5, 5.41) is 6.03. The Morgan fingerprint density at radius 1 is 1.04 bits per heavy atom. The van der Waals surface area contributed by atoms with Crippen LogP contribution in [0.4, 0.5) is 20.3 Å². The zero-order valence-electron chi connectivity index (χ0n) is 14.2. The number of hydrogen-bond donors (Lipinski definition) is 2. The average molecular weight is 388 g/mol. The Kier molecular flexibility index (Phi) is 5.98. The van der Waals surface area contributed by atoms with Gasteiger partial charge in [-0.25, -0.2) is 13.8 Å². The van der Waals surface area contributed by atoms with E-state index in [0.29, 0.717) is 23.6 Å². The van der Waals surface area contributed by atoms with Gasteiger partial charge in [-0.15, -0.1) is 0 Å². The lowest BCUT2D eigenvalue weighted by atomic mass is 10.1. The molecule has 7 heteroatoms. The van der Waals surface area contributed by atoms with Crippen molar-refractivity contribution < 1.29 is 13.6 Å². The van der Waals surface area contributed by atoms with Crippen LogP contribution in [-0.2, 0) is 6.42 Å². The van der Waals surface area contributed by atoms with E-state index in [1.54, 1.807) is 12.1 Å². The van der Waals surface area contributed by atoms with E-state index in [1.165, 1.54) is 24.4 Å². The first-order chi connectivity index (χ1) is 13.0. The number of pyridine rings is 1. The molecule has 0 unspecified atom stereocenters. The van der Waals surface area contributed by atoms with Gasteiger partial charge in [0.1, 0.15) is 23.1 Å². The number of hydrogen-bond acceptors (Lipinski definition) is 3.